The number of carbonyl (C=O) groups excluding carboxylic acids is 1. The van der Waals surface area contributed by atoms with Gasteiger partial charge in [-0.25, -0.2) is 13.8 Å². The van der Waals surface area contributed by atoms with E-state index in [0.29, 0.717) is 11.4 Å². The molecule has 3 aromatic rings. The second kappa shape index (κ2) is 6.95. The Balaban J connectivity index is 1.93. The lowest BCUT2D eigenvalue weighted by Crippen LogP contribution is -2.14. The van der Waals surface area contributed by atoms with Gasteiger partial charge in [-0.3, -0.25) is 0 Å². The van der Waals surface area contributed by atoms with Crippen LogP contribution in [0.15, 0.2) is 28.9 Å². The van der Waals surface area contributed by atoms with Gasteiger partial charge in [0.1, 0.15) is 11.5 Å². The minimum Gasteiger partial charge on any atom is -0.461 e. The number of halogens is 1. The molecule has 25 heavy (non-hydrogen) atoms. The molecule has 0 amide bonds. The van der Waals surface area contributed by atoms with Gasteiger partial charge in [0.15, 0.2) is 5.69 Å². The zero-order chi connectivity index (χ0) is 17.8. The van der Waals surface area contributed by atoms with E-state index in [1.54, 1.807) is 19.1 Å². The third-order valence-corrected chi connectivity index (χ3v) is 3.23. The Labute approximate surface area is 140 Å². The number of aromatic nitrogens is 5. The van der Waals surface area contributed by atoms with Crippen LogP contribution in [0.4, 0.5) is 15.9 Å². The largest absolute Gasteiger partial charge is 0.461 e. The van der Waals surface area contributed by atoms with Gasteiger partial charge in [0.05, 0.1) is 13.2 Å². The smallest absolute Gasteiger partial charge is 0.360 e. The molecule has 0 bridgehead atoms. The van der Waals surface area contributed by atoms with Gasteiger partial charge in [-0.1, -0.05) is 5.21 Å². The Morgan fingerprint density at radius 1 is 1.36 bits per heavy atom. The summed E-state index contributed by atoms with van der Waals surface area (Å²) in [4.78, 5) is 12.1. The fourth-order valence-electron chi connectivity index (χ4n) is 2.08. The van der Waals surface area contributed by atoms with Gasteiger partial charge in [-0.05, 0) is 41.5 Å². The number of rotatable bonds is 6. The number of esters is 1. The van der Waals surface area contributed by atoms with Gasteiger partial charge in [-0.2, -0.15) is 4.68 Å². The molecule has 0 saturated carbocycles. The van der Waals surface area contributed by atoms with Crippen molar-refractivity contribution in [1.82, 2.24) is 25.3 Å². The van der Waals surface area contributed by atoms with Crippen molar-refractivity contribution >= 4 is 17.5 Å². The maximum Gasteiger partial charge on any atom is 0.360 e. The highest BCUT2D eigenvalue weighted by Crippen LogP contribution is 2.18. The Morgan fingerprint density at radius 2 is 2.12 bits per heavy atom. The van der Waals surface area contributed by atoms with E-state index in [1.165, 1.54) is 16.8 Å². The van der Waals surface area contributed by atoms with Crippen LogP contribution in [-0.4, -0.2) is 37.9 Å². The van der Waals surface area contributed by atoms with Gasteiger partial charge >= 0.3 is 5.97 Å². The predicted molar refractivity (Wildman–Crippen MR) is 83.3 cm³/mol. The minimum atomic E-state index is -0.639. The number of nitrogen functional groups attached to an aromatic ring is 1. The third kappa shape index (κ3) is 3.39. The van der Waals surface area contributed by atoms with Crippen molar-refractivity contribution in [2.45, 2.75) is 13.5 Å². The average Bonchev–Trinajstić information content (AvgIpc) is 3.20. The number of nitrogens with zero attached hydrogens (tertiary/aromatic N) is 5. The molecular weight excluding hydrogens is 333 g/mol. The standard InChI is InChI=1S/C14H14FN7O3/c1-2-24-14(23)11-10(7-17-9-5-3-8(15)4-6-9)22(21-18-11)13-12(16)19-25-20-13/h3-6,17H,2,7H2,1H3,(H2,16,19). The molecule has 130 valence electrons. The summed E-state index contributed by atoms with van der Waals surface area (Å²) >= 11 is 0. The summed E-state index contributed by atoms with van der Waals surface area (Å²) < 4.78 is 23.8. The van der Waals surface area contributed by atoms with E-state index in [0.717, 1.165) is 0 Å². The zero-order valence-corrected chi connectivity index (χ0v) is 13.1. The number of hydrogen-bond acceptors (Lipinski definition) is 9. The van der Waals surface area contributed by atoms with Crippen LogP contribution in [0.2, 0.25) is 0 Å². The minimum absolute atomic E-state index is 0.00105. The van der Waals surface area contributed by atoms with Crippen LogP contribution in [0.1, 0.15) is 23.1 Å². The summed E-state index contributed by atoms with van der Waals surface area (Å²) in [5.41, 5.74) is 6.65. The van der Waals surface area contributed by atoms with Gasteiger partial charge in [0, 0.05) is 5.69 Å². The summed E-state index contributed by atoms with van der Waals surface area (Å²) in [5.74, 6) is -0.909. The number of anilines is 2. The summed E-state index contributed by atoms with van der Waals surface area (Å²) in [6.07, 6.45) is 0. The summed E-state index contributed by atoms with van der Waals surface area (Å²) in [5, 5.41) is 17.9. The van der Waals surface area contributed by atoms with E-state index in [9.17, 15) is 9.18 Å². The van der Waals surface area contributed by atoms with Crippen LogP contribution in [-0.2, 0) is 11.3 Å². The molecule has 0 aliphatic rings. The van der Waals surface area contributed by atoms with Crippen LogP contribution in [0.3, 0.4) is 0 Å². The monoisotopic (exact) mass is 347 g/mol. The third-order valence-electron chi connectivity index (χ3n) is 3.23. The van der Waals surface area contributed by atoms with Gasteiger partial charge < -0.3 is 15.8 Å². The number of ether oxygens (including phenoxy) is 1. The lowest BCUT2D eigenvalue weighted by Gasteiger charge is -2.08. The summed E-state index contributed by atoms with van der Waals surface area (Å²) in [6.45, 7) is 1.99. The van der Waals surface area contributed by atoms with Gasteiger partial charge in [0.25, 0.3) is 0 Å². The molecule has 1 aromatic carbocycles. The molecule has 11 heteroatoms. The lowest BCUT2D eigenvalue weighted by atomic mass is 10.2. The second-order valence-electron chi connectivity index (χ2n) is 4.85. The molecule has 10 nitrogen and oxygen atoms in total. The van der Waals surface area contributed by atoms with E-state index in [2.05, 4.69) is 30.6 Å². The SMILES string of the molecule is CCOC(=O)c1nnn(-c2nonc2N)c1CNc1ccc(F)cc1. The fraction of sp³-hybridized carbons (Fsp3) is 0.214. The number of benzene rings is 1. The van der Waals surface area contributed by atoms with Crippen LogP contribution in [0.25, 0.3) is 5.82 Å². The van der Waals surface area contributed by atoms with E-state index in [1.807, 2.05) is 0 Å². The molecule has 0 spiro atoms. The van der Waals surface area contributed by atoms with Crippen LogP contribution < -0.4 is 11.1 Å². The highest BCUT2D eigenvalue weighted by molar-refractivity contribution is 5.88. The maximum atomic E-state index is 13.0. The van der Waals surface area contributed by atoms with Crippen molar-refractivity contribution in [3.05, 3.63) is 41.5 Å². The van der Waals surface area contributed by atoms with Crippen molar-refractivity contribution in [3.8, 4) is 5.82 Å². The highest BCUT2D eigenvalue weighted by atomic mass is 19.1. The molecule has 3 rings (SSSR count). The molecule has 0 atom stereocenters. The van der Waals surface area contributed by atoms with Gasteiger partial charge in [0.2, 0.25) is 11.6 Å². The first-order chi connectivity index (χ1) is 12.1. The zero-order valence-electron chi connectivity index (χ0n) is 13.1. The summed E-state index contributed by atoms with van der Waals surface area (Å²) in [6, 6.07) is 5.73. The Bertz CT molecular complexity index is 875. The molecule has 0 aliphatic heterocycles. The van der Waals surface area contributed by atoms with E-state index < -0.39 is 5.97 Å². The first-order valence-electron chi connectivity index (χ1n) is 7.29. The lowest BCUT2D eigenvalue weighted by molar-refractivity contribution is 0.0518. The number of carbonyl (C=O) groups is 1. The normalized spacial score (nSPS) is 10.6. The average molecular weight is 347 g/mol. The first-order valence-corrected chi connectivity index (χ1v) is 7.29. The Kier molecular flexibility index (Phi) is 4.55. The van der Waals surface area contributed by atoms with Crippen molar-refractivity contribution in [2.24, 2.45) is 0 Å². The molecule has 0 saturated heterocycles. The molecule has 0 aliphatic carbocycles. The molecule has 0 radical (unpaired) electrons. The second-order valence-corrected chi connectivity index (χ2v) is 4.85. The van der Waals surface area contributed by atoms with E-state index in [-0.39, 0.29) is 36.3 Å². The topological polar surface area (TPSA) is 134 Å². The van der Waals surface area contributed by atoms with E-state index in [4.69, 9.17) is 10.5 Å². The predicted octanol–water partition coefficient (Wildman–Crippen LogP) is 1.16. The number of nitrogens with one attached hydrogen (secondary N) is 1. The maximum absolute atomic E-state index is 13.0. The number of nitrogens with two attached hydrogens (primary N) is 1. The fourth-order valence-corrected chi connectivity index (χ4v) is 2.08. The van der Waals surface area contributed by atoms with Crippen molar-refractivity contribution < 1.29 is 18.6 Å². The van der Waals surface area contributed by atoms with Crippen molar-refractivity contribution in [2.75, 3.05) is 17.7 Å². The molecule has 3 N–H and O–H groups in total. The quantitative estimate of drug-likeness (QED) is 0.630. The molecule has 0 unspecified atom stereocenters. The molecular formula is C14H14FN7O3. The van der Waals surface area contributed by atoms with Crippen molar-refractivity contribution in [3.63, 3.8) is 0 Å². The number of hydrogen-bond donors (Lipinski definition) is 2. The van der Waals surface area contributed by atoms with Crippen LogP contribution in [0.5, 0.6) is 0 Å². The van der Waals surface area contributed by atoms with Crippen LogP contribution >= 0.6 is 0 Å². The highest BCUT2D eigenvalue weighted by Gasteiger charge is 2.24. The molecule has 0 fully saturated rings. The Hall–Kier alpha value is -3.50. The molecule has 2 heterocycles. The molecule has 2 aromatic heterocycles. The first kappa shape index (κ1) is 16.4. The summed E-state index contributed by atoms with van der Waals surface area (Å²) in [7, 11) is 0. The van der Waals surface area contributed by atoms with Crippen molar-refractivity contribution in [1.29, 1.82) is 0 Å². The van der Waals surface area contributed by atoms with E-state index >= 15 is 0 Å². The Morgan fingerprint density at radius 3 is 2.76 bits per heavy atom. The van der Waals surface area contributed by atoms with Crippen LogP contribution in [0, 0.1) is 5.82 Å². The van der Waals surface area contributed by atoms with Gasteiger partial charge in [-0.15, -0.1) is 5.10 Å².